The normalized spacial score (nSPS) is 16.4. The Morgan fingerprint density at radius 1 is 1.35 bits per heavy atom. The topological polar surface area (TPSA) is 96.0 Å². The van der Waals surface area contributed by atoms with Gasteiger partial charge in [0.05, 0.1) is 18.3 Å². The molecule has 0 aromatic heterocycles. The molecule has 0 atom stereocenters. The lowest BCUT2D eigenvalue weighted by Crippen LogP contribution is -2.41. The van der Waals surface area contributed by atoms with Gasteiger partial charge in [-0.15, -0.1) is 0 Å². The Labute approximate surface area is 117 Å². The highest BCUT2D eigenvalue weighted by Gasteiger charge is 2.25. The van der Waals surface area contributed by atoms with E-state index in [0.717, 1.165) is 12.8 Å². The van der Waals surface area contributed by atoms with Crippen LogP contribution >= 0.6 is 0 Å². The van der Waals surface area contributed by atoms with Crippen LogP contribution in [0, 0.1) is 0 Å². The predicted octanol–water partition coefficient (Wildman–Crippen LogP) is 0.678. The van der Waals surface area contributed by atoms with Crippen molar-refractivity contribution in [3.63, 3.8) is 0 Å². The van der Waals surface area contributed by atoms with Gasteiger partial charge in [0.15, 0.2) is 0 Å². The summed E-state index contributed by atoms with van der Waals surface area (Å²) in [6, 6.07) is 3.95. The van der Waals surface area contributed by atoms with E-state index in [1.807, 2.05) is 0 Å². The number of aromatic hydroxyl groups is 2. The van der Waals surface area contributed by atoms with E-state index in [1.54, 1.807) is 4.90 Å². The first-order valence-electron chi connectivity index (χ1n) is 6.74. The van der Waals surface area contributed by atoms with Gasteiger partial charge in [0, 0.05) is 19.6 Å². The van der Waals surface area contributed by atoms with E-state index in [4.69, 9.17) is 10.5 Å². The number of piperidine rings is 1. The van der Waals surface area contributed by atoms with Gasteiger partial charge < -0.3 is 25.6 Å². The Bertz CT molecular complexity index is 470. The molecule has 0 unspecified atom stereocenters. The molecule has 0 aliphatic carbocycles. The van der Waals surface area contributed by atoms with Crippen LogP contribution in [-0.4, -0.2) is 53.4 Å². The van der Waals surface area contributed by atoms with Crippen LogP contribution in [0.4, 0.5) is 0 Å². The molecule has 6 nitrogen and oxygen atoms in total. The number of likely N-dealkylation sites (tertiary alicyclic amines) is 1. The Hall–Kier alpha value is -1.79. The summed E-state index contributed by atoms with van der Waals surface area (Å²) in [5.41, 5.74) is 5.52. The van der Waals surface area contributed by atoms with Gasteiger partial charge in [-0.1, -0.05) is 0 Å². The number of carbonyl (C=O) groups excluding carboxylic acids is 1. The Balaban J connectivity index is 1.96. The van der Waals surface area contributed by atoms with E-state index < -0.39 is 0 Å². The second kappa shape index (κ2) is 6.58. The number of carbonyl (C=O) groups is 1. The van der Waals surface area contributed by atoms with Crippen LogP contribution in [0.2, 0.25) is 0 Å². The fourth-order valence-electron chi connectivity index (χ4n) is 2.33. The molecule has 1 aliphatic rings. The molecule has 1 amide bonds. The zero-order valence-corrected chi connectivity index (χ0v) is 11.3. The van der Waals surface area contributed by atoms with Crippen molar-refractivity contribution in [2.24, 2.45) is 5.73 Å². The molecule has 1 aromatic rings. The molecule has 2 rings (SSSR count). The smallest absolute Gasteiger partial charge is 0.257 e. The average molecular weight is 280 g/mol. The van der Waals surface area contributed by atoms with Gasteiger partial charge in [0.1, 0.15) is 11.5 Å². The SMILES string of the molecule is NCCOC1CCN(C(=O)c2cc(O)ccc2O)CC1. The zero-order chi connectivity index (χ0) is 14.5. The summed E-state index contributed by atoms with van der Waals surface area (Å²) in [4.78, 5) is 14.0. The quantitative estimate of drug-likeness (QED) is 0.705. The minimum atomic E-state index is -0.268. The molecule has 110 valence electrons. The Kier molecular flexibility index (Phi) is 4.81. The third kappa shape index (κ3) is 3.40. The van der Waals surface area contributed by atoms with Gasteiger partial charge in [-0.3, -0.25) is 4.79 Å². The summed E-state index contributed by atoms with van der Waals surface area (Å²) in [5.74, 6) is -0.419. The predicted molar refractivity (Wildman–Crippen MR) is 73.7 cm³/mol. The summed E-state index contributed by atoms with van der Waals surface area (Å²) >= 11 is 0. The number of ether oxygens (including phenoxy) is 1. The lowest BCUT2D eigenvalue weighted by atomic mass is 10.1. The molecular weight excluding hydrogens is 260 g/mol. The highest BCUT2D eigenvalue weighted by Crippen LogP contribution is 2.25. The van der Waals surface area contributed by atoms with E-state index in [1.165, 1.54) is 18.2 Å². The van der Waals surface area contributed by atoms with Crippen LogP contribution < -0.4 is 5.73 Å². The number of rotatable bonds is 4. The molecule has 20 heavy (non-hydrogen) atoms. The first-order chi connectivity index (χ1) is 9.61. The number of nitrogens with two attached hydrogens (primary N) is 1. The summed E-state index contributed by atoms with van der Waals surface area (Å²) in [5, 5.41) is 19.1. The van der Waals surface area contributed by atoms with E-state index in [2.05, 4.69) is 0 Å². The lowest BCUT2D eigenvalue weighted by molar-refractivity contribution is 0.0121. The number of benzene rings is 1. The molecule has 1 aliphatic heterocycles. The monoisotopic (exact) mass is 280 g/mol. The van der Waals surface area contributed by atoms with Crippen LogP contribution in [0.3, 0.4) is 0 Å². The van der Waals surface area contributed by atoms with Crippen molar-refractivity contribution in [2.45, 2.75) is 18.9 Å². The second-order valence-electron chi connectivity index (χ2n) is 4.85. The van der Waals surface area contributed by atoms with Gasteiger partial charge in [-0.2, -0.15) is 0 Å². The largest absolute Gasteiger partial charge is 0.508 e. The van der Waals surface area contributed by atoms with Crippen molar-refractivity contribution in [3.8, 4) is 11.5 Å². The van der Waals surface area contributed by atoms with Crippen LogP contribution in [0.1, 0.15) is 23.2 Å². The van der Waals surface area contributed by atoms with Crippen LogP contribution in [0.15, 0.2) is 18.2 Å². The number of phenols is 2. The first kappa shape index (κ1) is 14.6. The standard InChI is InChI=1S/C14H20N2O4/c15-5-8-20-11-3-6-16(7-4-11)14(19)12-9-10(17)1-2-13(12)18/h1-2,9,11,17-18H,3-8,15H2. The fraction of sp³-hybridized carbons (Fsp3) is 0.500. The van der Waals surface area contributed by atoms with E-state index in [9.17, 15) is 15.0 Å². The number of hydrogen-bond acceptors (Lipinski definition) is 5. The highest BCUT2D eigenvalue weighted by atomic mass is 16.5. The third-order valence-electron chi connectivity index (χ3n) is 3.41. The summed E-state index contributed by atoms with van der Waals surface area (Å²) in [6.45, 7) is 2.18. The summed E-state index contributed by atoms with van der Waals surface area (Å²) < 4.78 is 5.56. The van der Waals surface area contributed by atoms with Crippen LogP contribution in [0.5, 0.6) is 11.5 Å². The molecule has 1 saturated heterocycles. The molecule has 0 radical (unpaired) electrons. The second-order valence-corrected chi connectivity index (χ2v) is 4.85. The molecule has 1 aromatic carbocycles. The zero-order valence-electron chi connectivity index (χ0n) is 11.3. The summed E-state index contributed by atoms with van der Waals surface area (Å²) in [6.07, 6.45) is 1.65. The minimum Gasteiger partial charge on any atom is -0.508 e. The number of hydrogen-bond donors (Lipinski definition) is 3. The molecule has 0 saturated carbocycles. The third-order valence-corrected chi connectivity index (χ3v) is 3.41. The maximum absolute atomic E-state index is 12.3. The highest BCUT2D eigenvalue weighted by molar-refractivity contribution is 5.97. The average Bonchev–Trinajstić information content (AvgIpc) is 2.47. The van der Waals surface area contributed by atoms with Gasteiger partial charge in [-0.05, 0) is 31.0 Å². The van der Waals surface area contributed by atoms with E-state index >= 15 is 0 Å². The maximum Gasteiger partial charge on any atom is 0.257 e. The van der Waals surface area contributed by atoms with Crippen molar-refractivity contribution < 1.29 is 19.7 Å². The molecule has 0 spiro atoms. The van der Waals surface area contributed by atoms with Gasteiger partial charge in [0.2, 0.25) is 0 Å². The van der Waals surface area contributed by atoms with E-state index in [-0.39, 0.29) is 29.1 Å². The van der Waals surface area contributed by atoms with Crippen molar-refractivity contribution in [1.82, 2.24) is 4.90 Å². The van der Waals surface area contributed by atoms with Crippen molar-refractivity contribution in [1.29, 1.82) is 0 Å². The first-order valence-corrected chi connectivity index (χ1v) is 6.74. The van der Waals surface area contributed by atoms with Gasteiger partial charge >= 0.3 is 0 Å². The molecule has 1 fully saturated rings. The summed E-state index contributed by atoms with van der Waals surface area (Å²) in [7, 11) is 0. The minimum absolute atomic E-state index is 0.0349. The lowest BCUT2D eigenvalue weighted by Gasteiger charge is -2.32. The van der Waals surface area contributed by atoms with Crippen molar-refractivity contribution >= 4 is 5.91 Å². The number of amides is 1. The Morgan fingerprint density at radius 2 is 2.05 bits per heavy atom. The molecule has 6 heteroatoms. The molecule has 1 heterocycles. The maximum atomic E-state index is 12.3. The van der Waals surface area contributed by atoms with Crippen molar-refractivity contribution in [2.75, 3.05) is 26.2 Å². The number of phenolic OH excluding ortho intramolecular Hbond substituents is 2. The van der Waals surface area contributed by atoms with E-state index in [0.29, 0.717) is 26.2 Å². The molecule has 0 bridgehead atoms. The van der Waals surface area contributed by atoms with Gasteiger partial charge in [0.25, 0.3) is 5.91 Å². The molecule has 4 N–H and O–H groups in total. The van der Waals surface area contributed by atoms with Gasteiger partial charge in [-0.25, -0.2) is 0 Å². The van der Waals surface area contributed by atoms with Crippen molar-refractivity contribution in [3.05, 3.63) is 23.8 Å². The fourth-order valence-corrected chi connectivity index (χ4v) is 2.33. The molecular formula is C14H20N2O4. The van der Waals surface area contributed by atoms with Crippen LogP contribution in [0.25, 0.3) is 0 Å². The number of nitrogens with zero attached hydrogens (tertiary/aromatic N) is 1. The van der Waals surface area contributed by atoms with Crippen LogP contribution in [-0.2, 0) is 4.74 Å². The Morgan fingerprint density at radius 3 is 2.70 bits per heavy atom.